The second kappa shape index (κ2) is 6.00. The van der Waals surface area contributed by atoms with Gasteiger partial charge in [-0.3, -0.25) is 14.9 Å². The molecule has 0 heterocycles. The minimum atomic E-state index is -1.01. The van der Waals surface area contributed by atoms with Gasteiger partial charge in [-0.2, -0.15) is 0 Å². The van der Waals surface area contributed by atoms with E-state index in [9.17, 15) is 14.9 Å². The Balaban J connectivity index is 3.19. The molecule has 0 saturated heterocycles. The molecule has 1 aromatic carbocycles. The zero-order chi connectivity index (χ0) is 13.7. The maximum atomic E-state index is 11.0. The van der Waals surface area contributed by atoms with Crippen LogP contribution in [0.5, 0.6) is 0 Å². The third-order valence-electron chi connectivity index (χ3n) is 2.82. The monoisotopic (exact) mass is 252 g/mol. The molecule has 0 amide bonds. The molecule has 18 heavy (non-hydrogen) atoms. The van der Waals surface area contributed by atoms with E-state index in [1.54, 1.807) is 23.1 Å². The third kappa shape index (κ3) is 3.19. The molecule has 0 aliphatic carbocycles. The average Bonchev–Trinajstić information content (AvgIpc) is 2.34. The number of hydrogen-bond donors (Lipinski definition) is 1. The van der Waals surface area contributed by atoms with Gasteiger partial charge in [-0.05, 0) is 19.4 Å². The number of hydrogen-bond acceptors (Lipinski definition) is 4. The number of aliphatic carboxylic acids is 1. The zero-order valence-corrected chi connectivity index (χ0v) is 10.4. The molecule has 1 unspecified atom stereocenters. The molecule has 0 aliphatic heterocycles. The minimum Gasteiger partial charge on any atom is -0.480 e. The van der Waals surface area contributed by atoms with Crippen LogP contribution in [0.25, 0.3) is 0 Å². The van der Waals surface area contributed by atoms with Crippen molar-refractivity contribution in [2.75, 3.05) is 11.4 Å². The molecular weight excluding hydrogens is 236 g/mol. The molecule has 6 nitrogen and oxygen atoms in total. The summed E-state index contributed by atoms with van der Waals surface area (Å²) in [6.45, 7) is 3.51. The predicted molar refractivity (Wildman–Crippen MR) is 67.8 cm³/mol. The Morgan fingerprint density at radius 2 is 2.11 bits per heavy atom. The standard InChI is InChI=1S/C12H16N2O4/c1-3-9(2)13(8-12(15)16)10-6-4-5-7-11(10)14(17)18/h4-7,9H,3,8H2,1-2H3,(H,15,16). The van der Waals surface area contributed by atoms with Crippen LogP contribution >= 0.6 is 0 Å². The van der Waals surface area contributed by atoms with E-state index in [0.29, 0.717) is 12.1 Å². The molecule has 1 rings (SSSR count). The van der Waals surface area contributed by atoms with Crippen LogP contribution in [0.4, 0.5) is 11.4 Å². The number of anilines is 1. The SMILES string of the molecule is CCC(C)N(CC(=O)O)c1ccccc1[N+](=O)[O-]. The Hall–Kier alpha value is -2.11. The van der Waals surface area contributed by atoms with Crippen molar-refractivity contribution in [3.05, 3.63) is 34.4 Å². The van der Waals surface area contributed by atoms with Gasteiger partial charge in [0.25, 0.3) is 5.69 Å². The summed E-state index contributed by atoms with van der Waals surface area (Å²) < 4.78 is 0. The Kier molecular flexibility index (Phi) is 4.65. The summed E-state index contributed by atoms with van der Waals surface area (Å²) >= 11 is 0. The number of benzene rings is 1. The van der Waals surface area contributed by atoms with Crippen LogP contribution in [0, 0.1) is 10.1 Å². The Labute approximate surface area is 105 Å². The lowest BCUT2D eigenvalue weighted by Gasteiger charge is -2.28. The van der Waals surface area contributed by atoms with Gasteiger partial charge in [0.15, 0.2) is 0 Å². The van der Waals surface area contributed by atoms with Crippen molar-refractivity contribution in [2.45, 2.75) is 26.3 Å². The average molecular weight is 252 g/mol. The Morgan fingerprint density at radius 1 is 1.50 bits per heavy atom. The highest BCUT2D eigenvalue weighted by molar-refractivity contribution is 5.76. The molecule has 0 saturated carbocycles. The van der Waals surface area contributed by atoms with E-state index in [4.69, 9.17) is 5.11 Å². The van der Waals surface area contributed by atoms with Crippen molar-refractivity contribution in [1.29, 1.82) is 0 Å². The van der Waals surface area contributed by atoms with Gasteiger partial charge in [-0.1, -0.05) is 19.1 Å². The van der Waals surface area contributed by atoms with E-state index < -0.39 is 10.9 Å². The van der Waals surface area contributed by atoms with Crippen molar-refractivity contribution in [3.8, 4) is 0 Å². The van der Waals surface area contributed by atoms with E-state index in [-0.39, 0.29) is 18.3 Å². The van der Waals surface area contributed by atoms with Gasteiger partial charge in [0.1, 0.15) is 12.2 Å². The van der Waals surface area contributed by atoms with Crippen LogP contribution < -0.4 is 4.90 Å². The van der Waals surface area contributed by atoms with Gasteiger partial charge in [0.05, 0.1) is 4.92 Å². The lowest BCUT2D eigenvalue weighted by molar-refractivity contribution is -0.384. The molecule has 1 atom stereocenters. The second-order valence-electron chi connectivity index (χ2n) is 4.02. The first kappa shape index (κ1) is 14.0. The van der Waals surface area contributed by atoms with Gasteiger partial charge < -0.3 is 10.0 Å². The Bertz CT molecular complexity index is 447. The van der Waals surface area contributed by atoms with Gasteiger partial charge in [-0.25, -0.2) is 0 Å². The highest BCUT2D eigenvalue weighted by Crippen LogP contribution is 2.29. The predicted octanol–water partition coefficient (Wildman–Crippen LogP) is 2.28. The summed E-state index contributed by atoms with van der Waals surface area (Å²) in [5.41, 5.74) is 0.276. The van der Waals surface area contributed by atoms with Gasteiger partial charge >= 0.3 is 5.97 Å². The van der Waals surface area contributed by atoms with Crippen molar-refractivity contribution in [3.63, 3.8) is 0 Å². The van der Waals surface area contributed by atoms with Crippen LogP contribution in [0.2, 0.25) is 0 Å². The molecule has 0 radical (unpaired) electrons. The lowest BCUT2D eigenvalue weighted by atomic mass is 10.1. The van der Waals surface area contributed by atoms with Crippen LogP contribution in [0.15, 0.2) is 24.3 Å². The first-order chi connectivity index (χ1) is 8.47. The number of rotatable bonds is 6. The lowest BCUT2D eigenvalue weighted by Crippen LogP contribution is -2.37. The molecule has 0 fully saturated rings. The smallest absolute Gasteiger partial charge is 0.323 e. The van der Waals surface area contributed by atoms with E-state index in [0.717, 1.165) is 0 Å². The number of carboxylic acid groups (broad SMARTS) is 1. The molecule has 1 N–H and O–H groups in total. The number of carboxylic acids is 1. The summed E-state index contributed by atoms with van der Waals surface area (Å²) in [5, 5.41) is 19.9. The molecule has 0 bridgehead atoms. The summed E-state index contributed by atoms with van der Waals surface area (Å²) in [6, 6.07) is 6.11. The molecule has 1 aromatic rings. The number of nitro benzene ring substituents is 1. The largest absolute Gasteiger partial charge is 0.480 e. The summed E-state index contributed by atoms with van der Waals surface area (Å²) in [4.78, 5) is 22.9. The zero-order valence-electron chi connectivity index (χ0n) is 10.4. The van der Waals surface area contributed by atoms with Crippen molar-refractivity contribution < 1.29 is 14.8 Å². The third-order valence-corrected chi connectivity index (χ3v) is 2.82. The van der Waals surface area contributed by atoms with Crippen molar-refractivity contribution in [1.82, 2.24) is 0 Å². The quantitative estimate of drug-likeness (QED) is 0.620. The van der Waals surface area contributed by atoms with E-state index in [2.05, 4.69) is 0 Å². The number of carbonyl (C=O) groups is 1. The molecular formula is C12H16N2O4. The molecule has 0 spiro atoms. The van der Waals surface area contributed by atoms with E-state index >= 15 is 0 Å². The fraction of sp³-hybridized carbons (Fsp3) is 0.417. The van der Waals surface area contributed by atoms with Crippen LogP contribution in [0.1, 0.15) is 20.3 Å². The highest BCUT2D eigenvalue weighted by atomic mass is 16.6. The fourth-order valence-electron chi connectivity index (χ4n) is 1.71. The van der Waals surface area contributed by atoms with Gasteiger partial charge in [0.2, 0.25) is 0 Å². The van der Waals surface area contributed by atoms with E-state index in [1.165, 1.54) is 6.07 Å². The number of nitro groups is 1. The van der Waals surface area contributed by atoms with E-state index in [1.807, 2.05) is 13.8 Å². The second-order valence-corrected chi connectivity index (χ2v) is 4.02. The fourth-order valence-corrected chi connectivity index (χ4v) is 1.71. The maximum Gasteiger partial charge on any atom is 0.323 e. The van der Waals surface area contributed by atoms with Crippen LogP contribution in [-0.2, 0) is 4.79 Å². The topological polar surface area (TPSA) is 83.7 Å². The molecule has 0 aliphatic rings. The van der Waals surface area contributed by atoms with Crippen LogP contribution in [-0.4, -0.2) is 28.6 Å². The van der Waals surface area contributed by atoms with Crippen LogP contribution in [0.3, 0.4) is 0 Å². The normalized spacial score (nSPS) is 11.9. The Morgan fingerprint density at radius 3 is 2.61 bits per heavy atom. The van der Waals surface area contributed by atoms with Gasteiger partial charge in [0, 0.05) is 12.1 Å². The maximum absolute atomic E-state index is 11.0. The number of nitrogens with zero attached hydrogens (tertiary/aromatic N) is 2. The van der Waals surface area contributed by atoms with Crippen molar-refractivity contribution in [2.24, 2.45) is 0 Å². The number of para-hydroxylation sites is 2. The highest BCUT2D eigenvalue weighted by Gasteiger charge is 2.23. The van der Waals surface area contributed by atoms with Crippen molar-refractivity contribution >= 4 is 17.3 Å². The first-order valence-electron chi connectivity index (χ1n) is 5.69. The molecule has 6 heteroatoms. The summed E-state index contributed by atoms with van der Waals surface area (Å²) in [7, 11) is 0. The summed E-state index contributed by atoms with van der Waals surface area (Å²) in [6.07, 6.45) is 0.708. The minimum absolute atomic E-state index is 0.0703. The molecule has 98 valence electrons. The molecule has 0 aromatic heterocycles. The first-order valence-corrected chi connectivity index (χ1v) is 5.69. The van der Waals surface area contributed by atoms with Gasteiger partial charge in [-0.15, -0.1) is 0 Å². The summed E-state index contributed by atoms with van der Waals surface area (Å²) in [5.74, 6) is -1.01.